The van der Waals surface area contributed by atoms with Gasteiger partial charge in [0, 0.05) is 12.6 Å². The summed E-state index contributed by atoms with van der Waals surface area (Å²) in [6.45, 7) is 2.66. The maximum atomic E-state index is 11.4. The van der Waals surface area contributed by atoms with Crippen molar-refractivity contribution < 1.29 is 4.79 Å². The minimum Gasteiger partial charge on any atom is -0.369 e. The quantitative estimate of drug-likeness (QED) is 0.554. The van der Waals surface area contributed by atoms with Crippen molar-refractivity contribution in [1.82, 2.24) is 9.97 Å². The van der Waals surface area contributed by atoms with Crippen LogP contribution in [0.2, 0.25) is 0 Å². The highest BCUT2D eigenvalue weighted by Gasteiger charge is 2.30. The molecule has 2 heterocycles. The molecule has 2 atom stereocenters. The number of nitrogen functional groups attached to an aromatic ring is 1. The zero-order valence-corrected chi connectivity index (χ0v) is 12.2. The molecule has 1 amide bonds. The highest BCUT2D eigenvalue weighted by atomic mass is 79.9. The number of rotatable bonds is 3. The van der Waals surface area contributed by atoms with Crippen molar-refractivity contribution >= 4 is 33.5 Å². The first-order valence-corrected chi connectivity index (χ1v) is 6.87. The first-order valence-electron chi connectivity index (χ1n) is 6.07. The molecule has 19 heavy (non-hydrogen) atoms. The number of piperidine rings is 1. The highest BCUT2D eigenvalue weighted by Crippen LogP contribution is 2.33. The van der Waals surface area contributed by atoms with Gasteiger partial charge in [0.2, 0.25) is 5.91 Å². The van der Waals surface area contributed by atoms with Gasteiger partial charge in [0.1, 0.15) is 16.6 Å². The van der Waals surface area contributed by atoms with Crippen LogP contribution in [0.5, 0.6) is 0 Å². The molecule has 8 heteroatoms. The van der Waals surface area contributed by atoms with Gasteiger partial charge in [-0.3, -0.25) is 4.79 Å². The first kappa shape index (κ1) is 14.0. The van der Waals surface area contributed by atoms with Crippen molar-refractivity contribution in [2.75, 3.05) is 16.9 Å². The molecule has 7 nitrogen and oxygen atoms in total. The summed E-state index contributed by atoms with van der Waals surface area (Å²) in [5.41, 5.74) is 7.91. The van der Waals surface area contributed by atoms with Crippen LogP contribution in [0.4, 0.5) is 11.6 Å². The first-order chi connectivity index (χ1) is 9.04. The predicted octanol–water partition coefficient (Wildman–Crippen LogP) is 0.615. The van der Waals surface area contributed by atoms with E-state index in [-0.39, 0.29) is 17.9 Å². The Morgan fingerprint density at radius 3 is 2.89 bits per heavy atom. The number of hydrogen-bond acceptors (Lipinski definition) is 6. The second-order valence-corrected chi connectivity index (χ2v) is 5.48. The molecular weight excluding hydrogens is 312 g/mol. The third-order valence-corrected chi connectivity index (χ3v) is 4.19. The van der Waals surface area contributed by atoms with Crippen LogP contribution in [0.25, 0.3) is 0 Å². The minimum atomic E-state index is -0.265. The van der Waals surface area contributed by atoms with Gasteiger partial charge in [0.05, 0.1) is 5.92 Å². The normalized spacial score (nSPS) is 23.2. The summed E-state index contributed by atoms with van der Waals surface area (Å²) in [5.74, 6) is 6.22. The fourth-order valence-electron chi connectivity index (χ4n) is 2.30. The van der Waals surface area contributed by atoms with Gasteiger partial charge in [0.25, 0.3) is 0 Å². The van der Waals surface area contributed by atoms with E-state index in [1.54, 1.807) is 0 Å². The number of anilines is 2. The third-order valence-electron chi connectivity index (χ3n) is 3.46. The number of amides is 1. The van der Waals surface area contributed by atoms with E-state index in [0.717, 1.165) is 18.7 Å². The Balaban J connectivity index is 2.31. The Hall–Kier alpha value is -1.41. The van der Waals surface area contributed by atoms with E-state index in [4.69, 9.17) is 11.6 Å². The van der Waals surface area contributed by atoms with E-state index in [0.29, 0.717) is 16.8 Å². The lowest BCUT2D eigenvalue weighted by atomic mass is 9.93. The van der Waals surface area contributed by atoms with Gasteiger partial charge < -0.3 is 16.1 Å². The lowest BCUT2D eigenvalue weighted by Crippen LogP contribution is -2.46. The zero-order chi connectivity index (χ0) is 14.0. The van der Waals surface area contributed by atoms with Crippen molar-refractivity contribution in [1.29, 1.82) is 0 Å². The summed E-state index contributed by atoms with van der Waals surface area (Å²) in [4.78, 5) is 21.7. The smallest absolute Gasteiger partial charge is 0.222 e. The summed E-state index contributed by atoms with van der Waals surface area (Å²) in [6, 6.07) is 0.285. The van der Waals surface area contributed by atoms with E-state index >= 15 is 0 Å². The Morgan fingerprint density at radius 2 is 2.26 bits per heavy atom. The van der Waals surface area contributed by atoms with Gasteiger partial charge in [-0.15, -0.1) is 0 Å². The molecule has 2 rings (SSSR count). The second kappa shape index (κ2) is 5.70. The maximum Gasteiger partial charge on any atom is 0.222 e. The van der Waals surface area contributed by atoms with Gasteiger partial charge >= 0.3 is 0 Å². The van der Waals surface area contributed by atoms with Crippen molar-refractivity contribution in [3.8, 4) is 0 Å². The topological polar surface area (TPSA) is 110 Å². The van der Waals surface area contributed by atoms with Gasteiger partial charge in [-0.05, 0) is 35.7 Å². The Morgan fingerprint density at radius 1 is 1.53 bits per heavy atom. The molecule has 1 saturated heterocycles. The standard InChI is InChI=1S/C11H17BrN6O/c1-6-2-3-7(9(13)19)4-18(6)11-8(12)10(17-14)15-5-16-11/h5-7H,2-4,14H2,1H3,(H2,13,19)(H,15,16,17). The lowest BCUT2D eigenvalue weighted by Gasteiger charge is -2.38. The van der Waals surface area contributed by atoms with Crippen LogP contribution < -0.4 is 21.9 Å². The van der Waals surface area contributed by atoms with Crippen molar-refractivity contribution in [3.05, 3.63) is 10.8 Å². The van der Waals surface area contributed by atoms with E-state index in [2.05, 4.69) is 43.1 Å². The number of aromatic nitrogens is 2. The molecule has 0 radical (unpaired) electrons. The van der Waals surface area contributed by atoms with Crippen LogP contribution in [-0.4, -0.2) is 28.5 Å². The molecule has 0 aromatic carbocycles. The second-order valence-electron chi connectivity index (χ2n) is 4.68. The Labute approximate surface area is 119 Å². The fraction of sp³-hybridized carbons (Fsp3) is 0.545. The zero-order valence-electron chi connectivity index (χ0n) is 10.6. The molecule has 1 fully saturated rings. The number of nitrogens with two attached hydrogens (primary N) is 2. The summed E-state index contributed by atoms with van der Waals surface area (Å²) in [7, 11) is 0. The third kappa shape index (κ3) is 2.79. The van der Waals surface area contributed by atoms with Crippen LogP contribution in [0.15, 0.2) is 10.8 Å². The number of nitrogens with zero attached hydrogens (tertiary/aromatic N) is 3. The summed E-state index contributed by atoms with van der Waals surface area (Å²) < 4.78 is 0.689. The SMILES string of the molecule is CC1CCC(C(N)=O)CN1c1ncnc(NN)c1Br. The van der Waals surface area contributed by atoms with Gasteiger partial charge in [-0.25, -0.2) is 15.8 Å². The fourth-order valence-corrected chi connectivity index (χ4v) is 2.84. The van der Waals surface area contributed by atoms with E-state index in [1.165, 1.54) is 6.33 Å². The highest BCUT2D eigenvalue weighted by molar-refractivity contribution is 9.10. The molecule has 0 bridgehead atoms. The molecule has 1 aliphatic heterocycles. The summed E-state index contributed by atoms with van der Waals surface area (Å²) >= 11 is 3.44. The molecule has 0 aliphatic carbocycles. The molecule has 1 aromatic heterocycles. The Bertz CT molecular complexity index is 482. The average molecular weight is 329 g/mol. The Kier molecular flexibility index (Phi) is 4.20. The lowest BCUT2D eigenvalue weighted by molar-refractivity contribution is -0.122. The number of hydrazine groups is 1. The molecular formula is C11H17BrN6O. The molecule has 0 saturated carbocycles. The van der Waals surface area contributed by atoms with Crippen LogP contribution in [0.1, 0.15) is 19.8 Å². The van der Waals surface area contributed by atoms with E-state index in [1.807, 2.05) is 0 Å². The number of carbonyl (C=O) groups is 1. The number of nitrogens with one attached hydrogen (secondary N) is 1. The van der Waals surface area contributed by atoms with Gasteiger partial charge in [-0.2, -0.15) is 0 Å². The van der Waals surface area contributed by atoms with Gasteiger partial charge in [0.15, 0.2) is 5.82 Å². The van der Waals surface area contributed by atoms with Crippen molar-refractivity contribution in [2.45, 2.75) is 25.8 Å². The van der Waals surface area contributed by atoms with E-state index < -0.39 is 0 Å². The summed E-state index contributed by atoms with van der Waals surface area (Å²) in [6.07, 6.45) is 3.16. The average Bonchev–Trinajstić information content (AvgIpc) is 2.39. The monoisotopic (exact) mass is 328 g/mol. The number of carbonyl (C=O) groups excluding carboxylic acids is 1. The van der Waals surface area contributed by atoms with Crippen LogP contribution in [0, 0.1) is 5.92 Å². The largest absolute Gasteiger partial charge is 0.369 e. The minimum absolute atomic E-state index is 0.146. The molecule has 104 valence electrons. The number of halogens is 1. The molecule has 2 unspecified atom stereocenters. The molecule has 1 aliphatic rings. The molecule has 5 N–H and O–H groups in total. The predicted molar refractivity (Wildman–Crippen MR) is 76.3 cm³/mol. The van der Waals surface area contributed by atoms with E-state index in [9.17, 15) is 4.79 Å². The number of hydrogen-bond donors (Lipinski definition) is 3. The van der Waals surface area contributed by atoms with Gasteiger partial charge in [-0.1, -0.05) is 0 Å². The molecule has 0 spiro atoms. The van der Waals surface area contributed by atoms with Crippen LogP contribution in [0.3, 0.4) is 0 Å². The summed E-state index contributed by atoms with van der Waals surface area (Å²) in [5, 5.41) is 0. The molecule has 1 aromatic rings. The maximum absolute atomic E-state index is 11.4. The van der Waals surface area contributed by atoms with Crippen molar-refractivity contribution in [3.63, 3.8) is 0 Å². The van der Waals surface area contributed by atoms with Crippen molar-refractivity contribution in [2.24, 2.45) is 17.5 Å². The number of primary amides is 1. The van der Waals surface area contributed by atoms with Crippen LogP contribution >= 0.6 is 15.9 Å². The van der Waals surface area contributed by atoms with Crippen LogP contribution in [-0.2, 0) is 4.79 Å².